The second kappa shape index (κ2) is 3.44. The molecule has 0 amide bonds. The van der Waals surface area contributed by atoms with Crippen LogP contribution >= 0.6 is 0 Å². The van der Waals surface area contributed by atoms with Crippen molar-refractivity contribution in [2.75, 3.05) is 0 Å². The van der Waals surface area contributed by atoms with E-state index in [0.29, 0.717) is 5.39 Å². The van der Waals surface area contributed by atoms with E-state index in [4.69, 9.17) is 5.11 Å². The maximum atomic E-state index is 11.6. The number of benzene rings is 1. The average molecular weight is 256 g/mol. The number of hydrogen-bond donors (Lipinski definition) is 1. The van der Waals surface area contributed by atoms with Crippen LogP contribution in [0.2, 0.25) is 0 Å². The van der Waals surface area contributed by atoms with Gasteiger partial charge in [-0.1, -0.05) is 0 Å². The summed E-state index contributed by atoms with van der Waals surface area (Å²) in [6, 6.07) is 7.26. The molecule has 72 valence electrons. The molecular formula is C9H7NO3Se. The Balaban J connectivity index is 2.63. The molecule has 1 N–H and O–H groups in total. The van der Waals surface area contributed by atoms with Crippen LogP contribution in [0.15, 0.2) is 29.1 Å². The van der Waals surface area contributed by atoms with Crippen LogP contribution in [0.4, 0.5) is 0 Å². The zero-order valence-electron chi connectivity index (χ0n) is 7.14. The van der Waals surface area contributed by atoms with Crippen LogP contribution in [-0.4, -0.2) is 29.4 Å². The molecule has 4 nitrogen and oxygen atoms in total. The third-order valence-corrected chi connectivity index (χ3v) is 4.07. The summed E-state index contributed by atoms with van der Waals surface area (Å²) < 4.78 is 2.35. The second-order valence-corrected chi connectivity index (χ2v) is 5.05. The normalized spacial score (nSPS) is 10.6. The quantitative estimate of drug-likeness (QED) is 0.778. The minimum atomic E-state index is -0.965. The van der Waals surface area contributed by atoms with Crippen molar-refractivity contribution < 1.29 is 9.90 Å². The molecule has 2 rings (SSSR count). The van der Waals surface area contributed by atoms with Crippen molar-refractivity contribution >= 4 is 30.3 Å². The van der Waals surface area contributed by atoms with Crippen molar-refractivity contribution in [3.05, 3.63) is 34.6 Å². The minimum absolute atomic E-state index is 0.164. The first kappa shape index (κ1) is 9.24. The van der Waals surface area contributed by atoms with Gasteiger partial charge in [0.25, 0.3) is 0 Å². The van der Waals surface area contributed by atoms with E-state index in [1.807, 2.05) is 12.1 Å². The van der Waals surface area contributed by atoms with E-state index < -0.39 is 5.97 Å². The summed E-state index contributed by atoms with van der Waals surface area (Å²) >= 11 is -0.175. The number of aliphatic carboxylic acids is 1. The molecule has 0 aliphatic carbocycles. The molecule has 0 atom stereocenters. The first-order chi connectivity index (χ1) is 6.68. The van der Waals surface area contributed by atoms with Crippen molar-refractivity contribution in [1.82, 2.24) is 3.56 Å². The van der Waals surface area contributed by atoms with E-state index in [-0.39, 0.29) is 26.8 Å². The monoisotopic (exact) mass is 257 g/mol. The number of carboxylic acid groups (broad SMARTS) is 1. The average Bonchev–Trinajstić information content (AvgIpc) is 2.44. The Morgan fingerprint density at radius 1 is 1.43 bits per heavy atom. The van der Waals surface area contributed by atoms with Gasteiger partial charge in [-0.2, -0.15) is 0 Å². The Bertz CT molecular complexity index is 540. The van der Waals surface area contributed by atoms with Gasteiger partial charge in [0.2, 0.25) is 0 Å². The van der Waals surface area contributed by atoms with Crippen LogP contribution in [-0.2, 0) is 11.3 Å². The molecule has 1 aromatic heterocycles. The fourth-order valence-electron chi connectivity index (χ4n) is 1.24. The van der Waals surface area contributed by atoms with Gasteiger partial charge in [0.05, 0.1) is 0 Å². The van der Waals surface area contributed by atoms with Gasteiger partial charge in [-0.15, -0.1) is 0 Å². The Morgan fingerprint density at radius 2 is 2.14 bits per heavy atom. The number of aromatic nitrogens is 1. The van der Waals surface area contributed by atoms with E-state index in [1.54, 1.807) is 12.1 Å². The molecule has 0 aliphatic rings. The van der Waals surface area contributed by atoms with Crippen LogP contribution in [0.25, 0.3) is 9.65 Å². The summed E-state index contributed by atoms with van der Waals surface area (Å²) in [6.45, 7) is -0.201. The molecule has 1 aromatic carbocycles. The summed E-state index contributed by atoms with van der Waals surface area (Å²) in [5.74, 6) is -0.965. The van der Waals surface area contributed by atoms with Gasteiger partial charge in [0.15, 0.2) is 0 Å². The molecule has 0 radical (unpaired) electrons. The van der Waals surface area contributed by atoms with E-state index in [0.717, 1.165) is 4.26 Å². The molecule has 0 fully saturated rings. The number of nitrogens with zero attached hydrogens (tertiary/aromatic N) is 1. The van der Waals surface area contributed by atoms with Gasteiger partial charge in [0.1, 0.15) is 0 Å². The van der Waals surface area contributed by atoms with E-state index in [2.05, 4.69) is 0 Å². The number of carboxylic acids is 1. The van der Waals surface area contributed by atoms with Crippen molar-refractivity contribution in [2.24, 2.45) is 0 Å². The fraction of sp³-hybridized carbons (Fsp3) is 0.111. The van der Waals surface area contributed by atoms with Crippen LogP contribution < -0.4 is 5.56 Å². The zero-order valence-corrected chi connectivity index (χ0v) is 8.85. The topological polar surface area (TPSA) is 59.3 Å². The summed E-state index contributed by atoms with van der Waals surface area (Å²) in [7, 11) is 0. The molecule has 0 saturated heterocycles. The molecule has 14 heavy (non-hydrogen) atoms. The molecule has 2 aromatic rings. The Labute approximate surface area is 85.4 Å². The predicted octanol–water partition coefficient (Wildman–Crippen LogP) is 0.143. The number of hydrogen-bond acceptors (Lipinski definition) is 2. The van der Waals surface area contributed by atoms with Crippen molar-refractivity contribution in [3.63, 3.8) is 0 Å². The van der Waals surface area contributed by atoms with Crippen molar-refractivity contribution in [2.45, 2.75) is 6.54 Å². The van der Waals surface area contributed by atoms with Gasteiger partial charge < -0.3 is 0 Å². The molecule has 0 bridgehead atoms. The first-order valence-corrected chi connectivity index (χ1v) is 5.61. The van der Waals surface area contributed by atoms with Crippen molar-refractivity contribution in [1.29, 1.82) is 0 Å². The van der Waals surface area contributed by atoms with E-state index in [1.165, 1.54) is 3.56 Å². The summed E-state index contributed by atoms with van der Waals surface area (Å²) in [6.07, 6.45) is 0. The summed E-state index contributed by atoms with van der Waals surface area (Å²) in [5.41, 5.74) is -0.164. The molecule has 1 heterocycles. The van der Waals surface area contributed by atoms with Crippen molar-refractivity contribution in [3.8, 4) is 0 Å². The van der Waals surface area contributed by atoms with Crippen LogP contribution in [0.3, 0.4) is 0 Å². The molecule has 0 saturated carbocycles. The van der Waals surface area contributed by atoms with Crippen LogP contribution in [0.5, 0.6) is 0 Å². The molecular weight excluding hydrogens is 249 g/mol. The number of rotatable bonds is 2. The molecule has 5 heteroatoms. The summed E-state index contributed by atoms with van der Waals surface area (Å²) in [4.78, 5) is 22.1. The Morgan fingerprint density at radius 3 is 2.79 bits per heavy atom. The third kappa shape index (κ3) is 1.52. The van der Waals surface area contributed by atoms with Gasteiger partial charge >= 0.3 is 85.0 Å². The summed E-state index contributed by atoms with van der Waals surface area (Å²) in [5, 5.41) is 9.23. The van der Waals surface area contributed by atoms with Crippen LogP contribution in [0, 0.1) is 0 Å². The second-order valence-electron chi connectivity index (χ2n) is 2.82. The standard InChI is InChI=1S/C9H7NO3Se/c11-8(12)5-10-9(13)6-3-1-2-4-7(6)14-10/h1-4H,5H2,(H,11,12). The predicted molar refractivity (Wildman–Crippen MR) is 52.8 cm³/mol. The van der Waals surface area contributed by atoms with Gasteiger partial charge in [-0.05, 0) is 0 Å². The first-order valence-electron chi connectivity index (χ1n) is 3.99. The van der Waals surface area contributed by atoms with Gasteiger partial charge in [-0.25, -0.2) is 0 Å². The fourth-order valence-corrected chi connectivity index (χ4v) is 3.31. The maximum absolute atomic E-state index is 11.6. The molecule has 0 spiro atoms. The molecule has 0 aliphatic heterocycles. The van der Waals surface area contributed by atoms with Crippen LogP contribution in [0.1, 0.15) is 0 Å². The Hall–Kier alpha value is -1.32. The van der Waals surface area contributed by atoms with E-state index >= 15 is 0 Å². The van der Waals surface area contributed by atoms with E-state index in [9.17, 15) is 9.59 Å². The van der Waals surface area contributed by atoms with Gasteiger partial charge in [-0.3, -0.25) is 0 Å². The Kier molecular flexibility index (Phi) is 2.27. The number of fused-ring (bicyclic) bond motifs is 1. The third-order valence-electron chi connectivity index (χ3n) is 1.83. The SMILES string of the molecule is O=C(O)Cn1[se]c2ccccc2c1=O. The number of carbonyl (C=O) groups is 1. The van der Waals surface area contributed by atoms with Gasteiger partial charge in [0, 0.05) is 0 Å². The zero-order chi connectivity index (χ0) is 10.1. The molecule has 0 unspecified atom stereocenters.